The lowest BCUT2D eigenvalue weighted by molar-refractivity contribution is -0.121. The van der Waals surface area contributed by atoms with Gasteiger partial charge < -0.3 is 11.1 Å². The highest BCUT2D eigenvalue weighted by atomic mass is 79.9. The first-order chi connectivity index (χ1) is 9.06. The number of benzene rings is 1. The Bertz CT molecular complexity index is 515. The number of anilines is 1. The maximum absolute atomic E-state index is 12.4. The molecule has 4 heteroatoms. The van der Waals surface area contributed by atoms with Gasteiger partial charge in [0, 0.05) is 16.2 Å². The van der Waals surface area contributed by atoms with Gasteiger partial charge in [0.25, 0.3) is 0 Å². The molecular weight excluding hydrogens is 304 g/mol. The number of hydrogen-bond donors (Lipinski definition) is 2. The number of aryl methyl sites for hydroxylation is 1. The summed E-state index contributed by atoms with van der Waals surface area (Å²) < 4.78 is 1.06. The highest BCUT2D eigenvalue weighted by molar-refractivity contribution is 9.10. The Balaban J connectivity index is 1.73. The fraction of sp³-hybridized carbons (Fsp3) is 0.533. The van der Waals surface area contributed by atoms with Crippen molar-refractivity contribution in [3.63, 3.8) is 0 Å². The smallest absolute Gasteiger partial charge is 0.229 e. The Morgan fingerprint density at radius 2 is 2.11 bits per heavy atom. The molecule has 0 heterocycles. The van der Waals surface area contributed by atoms with Crippen LogP contribution in [0.1, 0.15) is 24.8 Å². The first-order valence-corrected chi connectivity index (χ1v) is 7.68. The molecule has 19 heavy (non-hydrogen) atoms. The van der Waals surface area contributed by atoms with E-state index in [1.165, 1.54) is 6.42 Å². The largest absolute Gasteiger partial charge is 0.327 e. The summed E-state index contributed by atoms with van der Waals surface area (Å²) in [7, 11) is 0. The summed E-state index contributed by atoms with van der Waals surface area (Å²) >= 11 is 3.47. The van der Waals surface area contributed by atoms with Crippen LogP contribution in [0, 0.1) is 24.7 Å². The maximum atomic E-state index is 12.4. The van der Waals surface area contributed by atoms with Gasteiger partial charge >= 0.3 is 0 Å². The minimum Gasteiger partial charge on any atom is -0.327 e. The first-order valence-electron chi connectivity index (χ1n) is 6.89. The van der Waals surface area contributed by atoms with E-state index in [9.17, 15) is 4.79 Å². The van der Waals surface area contributed by atoms with Crippen molar-refractivity contribution in [3.05, 3.63) is 28.2 Å². The maximum Gasteiger partial charge on any atom is 0.229 e. The molecule has 4 atom stereocenters. The molecule has 2 fully saturated rings. The molecule has 3 N–H and O–H groups in total. The normalized spacial score (nSPS) is 32.6. The van der Waals surface area contributed by atoms with Crippen molar-refractivity contribution < 1.29 is 4.79 Å². The highest BCUT2D eigenvalue weighted by Crippen LogP contribution is 2.47. The number of nitrogens with two attached hydrogens (primary N) is 1. The zero-order valence-electron chi connectivity index (χ0n) is 11.0. The monoisotopic (exact) mass is 322 g/mol. The van der Waals surface area contributed by atoms with Crippen LogP contribution in [0.2, 0.25) is 0 Å². The molecule has 2 saturated carbocycles. The van der Waals surface area contributed by atoms with Crippen LogP contribution in [-0.2, 0) is 4.79 Å². The molecule has 2 aliphatic rings. The number of halogens is 1. The fourth-order valence-electron chi connectivity index (χ4n) is 3.67. The molecule has 0 spiro atoms. The topological polar surface area (TPSA) is 55.1 Å². The number of carbonyl (C=O) groups is 1. The highest BCUT2D eigenvalue weighted by Gasteiger charge is 2.49. The van der Waals surface area contributed by atoms with Gasteiger partial charge in [0.05, 0.1) is 5.92 Å². The second-order valence-electron chi connectivity index (χ2n) is 5.89. The minimum absolute atomic E-state index is 0.00250. The van der Waals surface area contributed by atoms with Gasteiger partial charge in [-0.25, -0.2) is 0 Å². The van der Waals surface area contributed by atoms with Crippen molar-refractivity contribution in [3.8, 4) is 0 Å². The van der Waals surface area contributed by atoms with Crippen molar-refractivity contribution in [1.82, 2.24) is 0 Å². The second-order valence-corrected chi connectivity index (χ2v) is 6.74. The number of hydrogen-bond acceptors (Lipinski definition) is 2. The molecule has 0 aliphatic heterocycles. The van der Waals surface area contributed by atoms with Gasteiger partial charge in [0.15, 0.2) is 0 Å². The van der Waals surface area contributed by atoms with Crippen molar-refractivity contribution in [2.75, 3.05) is 5.32 Å². The van der Waals surface area contributed by atoms with E-state index >= 15 is 0 Å². The third kappa shape index (κ3) is 2.32. The molecule has 2 bridgehead atoms. The van der Waals surface area contributed by atoms with E-state index in [0.717, 1.165) is 28.6 Å². The third-order valence-electron chi connectivity index (χ3n) is 4.71. The summed E-state index contributed by atoms with van der Waals surface area (Å²) in [6, 6.07) is 5.93. The molecular formula is C15H19BrN2O. The minimum atomic E-state index is 0.00250. The Hall–Kier alpha value is -0.870. The van der Waals surface area contributed by atoms with E-state index < -0.39 is 0 Å². The lowest BCUT2D eigenvalue weighted by Crippen LogP contribution is -2.42. The first kappa shape index (κ1) is 13.1. The molecule has 0 radical (unpaired) electrons. The van der Waals surface area contributed by atoms with Gasteiger partial charge in [0.2, 0.25) is 5.91 Å². The van der Waals surface area contributed by atoms with Gasteiger partial charge in [-0.1, -0.05) is 15.9 Å². The summed E-state index contributed by atoms with van der Waals surface area (Å²) in [4.78, 5) is 12.4. The number of rotatable bonds is 2. The predicted octanol–water partition coefficient (Wildman–Crippen LogP) is 3.07. The van der Waals surface area contributed by atoms with Gasteiger partial charge in [-0.05, 0) is 61.8 Å². The lowest BCUT2D eigenvalue weighted by atomic mass is 9.84. The van der Waals surface area contributed by atoms with Crippen LogP contribution in [-0.4, -0.2) is 11.9 Å². The number of amides is 1. The van der Waals surface area contributed by atoms with Crippen LogP contribution in [0.4, 0.5) is 5.69 Å². The summed E-state index contributed by atoms with van der Waals surface area (Å²) in [5, 5.41) is 3.03. The molecule has 1 aromatic rings. The molecule has 0 aromatic heterocycles. The third-order valence-corrected chi connectivity index (χ3v) is 5.60. The molecule has 1 aromatic carbocycles. The van der Waals surface area contributed by atoms with Crippen molar-refractivity contribution in [2.45, 2.75) is 32.2 Å². The molecule has 0 saturated heterocycles. The van der Waals surface area contributed by atoms with E-state index in [4.69, 9.17) is 5.73 Å². The number of carbonyl (C=O) groups excluding carboxylic acids is 1. The number of fused-ring (bicyclic) bond motifs is 2. The summed E-state index contributed by atoms with van der Waals surface area (Å²) in [5.74, 6) is 1.16. The van der Waals surface area contributed by atoms with Crippen LogP contribution in [0.15, 0.2) is 22.7 Å². The SMILES string of the molecule is Cc1cc(NC(=O)C2C3CCC(C3)C2N)ccc1Br. The predicted molar refractivity (Wildman–Crippen MR) is 79.8 cm³/mol. The average Bonchev–Trinajstić information content (AvgIpc) is 2.94. The summed E-state index contributed by atoms with van der Waals surface area (Å²) in [6.07, 6.45) is 3.50. The molecule has 3 rings (SSSR count). The van der Waals surface area contributed by atoms with Crippen LogP contribution in [0.25, 0.3) is 0 Å². The summed E-state index contributed by atoms with van der Waals surface area (Å²) in [6.45, 7) is 2.02. The Labute approximate surface area is 122 Å². The summed E-state index contributed by atoms with van der Waals surface area (Å²) in [5.41, 5.74) is 8.19. The molecule has 4 unspecified atom stereocenters. The standard InChI is InChI=1S/C15H19BrN2O/c1-8-6-11(4-5-12(8)16)18-15(19)13-9-2-3-10(7-9)14(13)17/h4-6,9-10,13-14H,2-3,7,17H2,1H3,(H,18,19). The zero-order chi connectivity index (χ0) is 13.6. The van der Waals surface area contributed by atoms with Crippen molar-refractivity contribution in [1.29, 1.82) is 0 Å². The van der Waals surface area contributed by atoms with Gasteiger partial charge in [-0.15, -0.1) is 0 Å². The van der Waals surface area contributed by atoms with Crippen molar-refractivity contribution >= 4 is 27.5 Å². The van der Waals surface area contributed by atoms with Crippen LogP contribution < -0.4 is 11.1 Å². The van der Waals surface area contributed by atoms with Gasteiger partial charge in [-0.3, -0.25) is 4.79 Å². The average molecular weight is 323 g/mol. The number of nitrogens with one attached hydrogen (secondary N) is 1. The van der Waals surface area contributed by atoms with E-state index in [-0.39, 0.29) is 17.9 Å². The molecule has 3 nitrogen and oxygen atoms in total. The molecule has 1 amide bonds. The fourth-order valence-corrected chi connectivity index (χ4v) is 3.92. The zero-order valence-corrected chi connectivity index (χ0v) is 12.6. The van der Waals surface area contributed by atoms with Gasteiger partial charge in [-0.2, -0.15) is 0 Å². The van der Waals surface area contributed by atoms with Crippen LogP contribution in [0.5, 0.6) is 0 Å². The molecule has 102 valence electrons. The Morgan fingerprint density at radius 1 is 1.37 bits per heavy atom. The van der Waals surface area contributed by atoms with E-state index in [1.54, 1.807) is 0 Å². The molecule has 2 aliphatic carbocycles. The Kier molecular flexibility index (Phi) is 3.39. The van der Waals surface area contributed by atoms with E-state index in [2.05, 4.69) is 21.2 Å². The van der Waals surface area contributed by atoms with Gasteiger partial charge in [0.1, 0.15) is 0 Å². The quantitative estimate of drug-likeness (QED) is 0.879. The van der Waals surface area contributed by atoms with Crippen LogP contribution in [0.3, 0.4) is 0 Å². The van der Waals surface area contributed by atoms with E-state index in [1.807, 2.05) is 25.1 Å². The second kappa shape index (κ2) is 4.91. The van der Waals surface area contributed by atoms with Crippen LogP contribution >= 0.6 is 15.9 Å². The van der Waals surface area contributed by atoms with Crippen molar-refractivity contribution in [2.24, 2.45) is 23.5 Å². The van der Waals surface area contributed by atoms with E-state index in [0.29, 0.717) is 11.8 Å². The Morgan fingerprint density at radius 3 is 2.74 bits per heavy atom. The lowest BCUT2D eigenvalue weighted by Gasteiger charge is -2.27.